The quantitative estimate of drug-likeness (QED) is 0.619. The van der Waals surface area contributed by atoms with Crippen LogP contribution in [0.3, 0.4) is 0 Å². The fourth-order valence-electron chi connectivity index (χ4n) is 2.20. The molecule has 0 saturated heterocycles. The van der Waals surface area contributed by atoms with E-state index in [1.54, 1.807) is 19.1 Å². The van der Waals surface area contributed by atoms with Crippen molar-refractivity contribution in [3.05, 3.63) is 39.4 Å². The summed E-state index contributed by atoms with van der Waals surface area (Å²) in [5.74, 6) is -0.00411. The molecule has 1 unspecified atom stereocenters. The topological polar surface area (TPSA) is 98.3 Å². The molecule has 1 amide bonds. The predicted molar refractivity (Wildman–Crippen MR) is 70.9 cm³/mol. The highest BCUT2D eigenvalue weighted by Crippen LogP contribution is 2.32. The standard InChI is InChI=1S/C13H17N3O3/c1-8-3-2-4-10(12(8)16(18)19)13(17)15-11(7-14)9-5-6-9/h2-4,9,11H,5-7,14H2,1H3,(H,15,17). The van der Waals surface area contributed by atoms with Crippen molar-refractivity contribution in [1.82, 2.24) is 5.32 Å². The first-order chi connectivity index (χ1) is 9.04. The van der Waals surface area contributed by atoms with Crippen LogP contribution in [0, 0.1) is 23.0 Å². The summed E-state index contributed by atoms with van der Waals surface area (Å²) >= 11 is 0. The van der Waals surface area contributed by atoms with Crippen LogP contribution in [0.4, 0.5) is 5.69 Å². The van der Waals surface area contributed by atoms with Crippen LogP contribution in [0.1, 0.15) is 28.8 Å². The molecule has 0 aliphatic heterocycles. The number of para-hydroxylation sites is 1. The maximum absolute atomic E-state index is 12.2. The lowest BCUT2D eigenvalue weighted by molar-refractivity contribution is -0.385. The summed E-state index contributed by atoms with van der Waals surface area (Å²) in [6, 6.07) is 4.65. The summed E-state index contributed by atoms with van der Waals surface area (Å²) in [7, 11) is 0. The predicted octanol–water partition coefficient (Wildman–Crippen LogP) is 1.37. The Morgan fingerprint density at radius 1 is 1.58 bits per heavy atom. The Labute approximate surface area is 111 Å². The average molecular weight is 263 g/mol. The monoisotopic (exact) mass is 263 g/mol. The number of aryl methyl sites for hydroxylation is 1. The van der Waals surface area contributed by atoms with Crippen molar-refractivity contribution in [2.45, 2.75) is 25.8 Å². The van der Waals surface area contributed by atoms with Gasteiger partial charge in [-0.2, -0.15) is 0 Å². The Kier molecular flexibility index (Phi) is 3.80. The Hall–Kier alpha value is -1.95. The Balaban J connectivity index is 2.23. The van der Waals surface area contributed by atoms with Crippen LogP contribution in [0.15, 0.2) is 18.2 Å². The fraction of sp³-hybridized carbons (Fsp3) is 0.462. The van der Waals surface area contributed by atoms with Crippen molar-refractivity contribution in [3.63, 3.8) is 0 Å². The van der Waals surface area contributed by atoms with Crippen molar-refractivity contribution < 1.29 is 9.72 Å². The summed E-state index contributed by atoms with van der Waals surface area (Å²) in [4.78, 5) is 22.7. The van der Waals surface area contributed by atoms with E-state index < -0.39 is 10.8 Å². The lowest BCUT2D eigenvalue weighted by Crippen LogP contribution is -2.41. The van der Waals surface area contributed by atoms with E-state index in [1.807, 2.05) is 0 Å². The Morgan fingerprint density at radius 2 is 2.26 bits per heavy atom. The highest BCUT2D eigenvalue weighted by Gasteiger charge is 2.32. The summed E-state index contributed by atoms with van der Waals surface area (Å²) in [5, 5.41) is 13.8. The van der Waals surface area contributed by atoms with Crippen LogP contribution in [-0.2, 0) is 0 Å². The number of hydrogen-bond acceptors (Lipinski definition) is 4. The Bertz CT molecular complexity index is 512. The number of carbonyl (C=O) groups excluding carboxylic acids is 1. The van der Waals surface area contributed by atoms with Crippen molar-refractivity contribution in [2.24, 2.45) is 11.7 Å². The molecular weight excluding hydrogens is 246 g/mol. The van der Waals surface area contributed by atoms with Crippen LogP contribution in [0.2, 0.25) is 0 Å². The third-order valence-electron chi connectivity index (χ3n) is 3.43. The van der Waals surface area contributed by atoms with Gasteiger partial charge < -0.3 is 11.1 Å². The number of nitro groups is 1. The van der Waals surface area contributed by atoms with Crippen LogP contribution in [-0.4, -0.2) is 23.4 Å². The molecule has 1 aromatic carbocycles. The van der Waals surface area contributed by atoms with Crippen molar-refractivity contribution in [2.75, 3.05) is 6.54 Å². The molecule has 6 heteroatoms. The molecular formula is C13H17N3O3. The number of rotatable bonds is 5. The molecule has 1 atom stereocenters. The van der Waals surface area contributed by atoms with E-state index in [9.17, 15) is 14.9 Å². The van der Waals surface area contributed by atoms with Gasteiger partial charge in [-0.15, -0.1) is 0 Å². The van der Waals surface area contributed by atoms with Gasteiger partial charge >= 0.3 is 0 Å². The maximum Gasteiger partial charge on any atom is 0.285 e. The number of nitrogens with zero attached hydrogens (tertiary/aromatic N) is 1. The van der Waals surface area contributed by atoms with Gasteiger partial charge in [-0.05, 0) is 31.7 Å². The van der Waals surface area contributed by atoms with Gasteiger partial charge in [0.1, 0.15) is 5.56 Å². The molecule has 0 bridgehead atoms. The number of benzene rings is 1. The van der Waals surface area contributed by atoms with Gasteiger partial charge in [0.25, 0.3) is 11.6 Å². The van der Waals surface area contributed by atoms with Gasteiger partial charge in [0.15, 0.2) is 0 Å². The van der Waals surface area contributed by atoms with Crippen molar-refractivity contribution in [1.29, 1.82) is 0 Å². The SMILES string of the molecule is Cc1cccc(C(=O)NC(CN)C2CC2)c1[N+](=O)[O-]. The molecule has 0 radical (unpaired) electrons. The number of nitro benzene ring substituents is 1. The van der Waals surface area contributed by atoms with E-state index in [1.165, 1.54) is 6.07 Å². The zero-order valence-corrected chi connectivity index (χ0v) is 10.8. The molecule has 1 saturated carbocycles. The van der Waals surface area contributed by atoms with Gasteiger partial charge in [-0.25, -0.2) is 0 Å². The molecule has 0 aromatic heterocycles. The fourth-order valence-corrected chi connectivity index (χ4v) is 2.20. The molecule has 19 heavy (non-hydrogen) atoms. The first-order valence-electron chi connectivity index (χ1n) is 6.29. The van der Waals surface area contributed by atoms with E-state index in [0.717, 1.165) is 12.8 Å². The summed E-state index contributed by atoms with van der Waals surface area (Å²) in [6.45, 7) is 1.98. The second kappa shape index (κ2) is 5.36. The number of amides is 1. The minimum Gasteiger partial charge on any atom is -0.348 e. The van der Waals surface area contributed by atoms with Crippen LogP contribution in [0.5, 0.6) is 0 Å². The molecule has 0 heterocycles. The lowest BCUT2D eigenvalue weighted by atomic mass is 10.1. The minimum absolute atomic E-state index is 0.0902. The highest BCUT2D eigenvalue weighted by atomic mass is 16.6. The molecule has 6 nitrogen and oxygen atoms in total. The number of carbonyl (C=O) groups is 1. The molecule has 1 aliphatic carbocycles. The van der Waals surface area contributed by atoms with Gasteiger partial charge in [0, 0.05) is 18.2 Å². The number of nitrogens with one attached hydrogen (secondary N) is 1. The van der Waals surface area contributed by atoms with E-state index in [-0.39, 0.29) is 17.3 Å². The molecule has 1 aromatic rings. The summed E-state index contributed by atoms with van der Waals surface area (Å²) in [5.41, 5.74) is 6.07. The van der Waals surface area contributed by atoms with Crippen LogP contribution >= 0.6 is 0 Å². The van der Waals surface area contributed by atoms with Crippen molar-refractivity contribution in [3.8, 4) is 0 Å². The van der Waals surface area contributed by atoms with Crippen LogP contribution < -0.4 is 11.1 Å². The normalized spacial score (nSPS) is 15.9. The molecule has 3 N–H and O–H groups in total. The zero-order chi connectivity index (χ0) is 14.0. The molecule has 1 aliphatic rings. The summed E-state index contributed by atoms with van der Waals surface area (Å²) < 4.78 is 0. The second-order valence-corrected chi connectivity index (χ2v) is 4.88. The molecule has 102 valence electrons. The van der Waals surface area contributed by atoms with Gasteiger partial charge in [0.2, 0.25) is 0 Å². The Morgan fingerprint density at radius 3 is 2.79 bits per heavy atom. The van der Waals surface area contributed by atoms with E-state index in [2.05, 4.69) is 5.32 Å². The smallest absolute Gasteiger partial charge is 0.285 e. The van der Waals surface area contributed by atoms with E-state index >= 15 is 0 Å². The van der Waals surface area contributed by atoms with Gasteiger partial charge in [-0.1, -0.05) is 12.1 Å². The zero-order valence-electron chi connectivity index (χ0n) is 10.8. The maximum atomic E-state index is 12.2. The number of hydrogen-bond donors (Lipinski definition) is 2. The first-order valence-corrected chi connectivity index (χ1v) is 6.29. The first kappa shape index (κ1) is 13.5. The van der Waals surface area contributed by atoms with Crippen LogP contribution in [0.25, 0.3) is 0 Å². The van der Waals surface area contributed by atoms with Gasteiger partial charge in [-0.3, -0.25) is 14.9 Å². The average Bonchev–Trinajstić information content (AvgIpc) is 3.19. The van der Waals surface area contributed by atoms with E-state index in [0.29, 0.717) is 18.0 Å². The highest BCUT2D eigenvalue weighted by molar-refractivity contribution is 5.98. The summed E-state index contributed by atoms with van der Waals surface area (Å²) in [6.07, 6.45) is 2.11. The molecule has 1 fully saturated rings. The number of nitrogens with two attached hydrogens (primary N) is 1. The van der Waals surface area contributed by atoms with E-state index in [4.69, 9.17) is 5.73 Å². The minimum atomic E-state index is -0.515. The third-order valence-corrected chi connectivity index (χ3v) is 3.43. The van der Waals surface area contributed by atoms with Crippen molar-refractivity contribution >= 4 is 11.6 Å². The molecule has 0 spiro atoms. The largest absolute Gasteiger partial charge is 0.348 e. The van der Waals surface area contributed by atoms with Gasteiger partial charge in [0.05, 0.1) is 4.92 Å². The second-order valence-electron chi connectivity index (χ2n) is 4.88. The lowest BCUT2D eigenvalue weighted by Gasteiger charge is -2.16. The molecule has 2 rings (SSSR count). The third kappa shape index (κ3) is 2.90.